The van der Waals surface area contributed by atoms with Crippen molar-refractivity contribution in [3.8, 4) is 45.3 Å². The van der Waals surface area contributed by atoms with Gasteiger partial charge in [0.15, 0.2) is 0 Å². The SMILES string of the molecule is O=[N+]([O-])O.c1ccc(-c2c(SSc3c(-c4ccccn4)c(-c4ccccn4)n4ccccc34)c3ccccn3c2-c2ccccn2)nc1. The topological polar surface area (TPSA) is 124 Å². The van der Waals surface area contributed by atoms with Gasteiger partial charge >= 0.3 is 0 Å². The van der Waals surface area contributed by atoms with Gasteiger partial charge in [-0.3, -0.25) is 19.9 Å². The fourth-order valence-electron chi connectivity index (χ4n) is 5.62. The Balaban J connectivity index is 0.000000865. The largest absolute Gasteiger partial charge is 0.328 e. The molecular formula is C36H25N7O3S2. The van der Waals surface area contributed by atoms with E-state index in [2.05, 4.69) is 81.9 Å². The molecule has 8 aromatic rings. The average molecular weight is 668 g/mol. The normalized spacial score (nSPS) is 10.9. The van der Waals surface area contributed by atoms with Gasteiger partial charge in [-0.15, -0.1) is 10.1 Å². The van der Waals surface area contributed by atoms with Crippen molar-refractivity contribution in [3.63, 3.8) is 0 Å². The van der Waals surface area contributed by atoms with Crippen LogP contribution in [0.1, 0.15) is 0 Å². The van der Waals surface area contributed by atoms with Gasteiger partial charge in [-0.2, -0.15) is 0 Å². The lowest BCUT2D eigenvalue weighted by atomic mass is 10.1. The third-order valence-corrected chi connectivity index (χ3v) is 9.95. The van der Waals surface area contributed by atoms with Gasteiger partial charge in [0.25, 0.3) is 5.09 Å². The Kier molecular flexibility index (Phi) is 8.81. The first-order chi connectivity index (χ1) is 23.6. The Morgan fingerprint density at radius 2 is 0.854 bits per heavy atom. The van der Waals surface area contributed by atoms with Crippen LogP contribution in [0.25, 0.3) is 56.3 Å². The van der Waals surface area contributed by atoms with Gasteiger partial charge in [0.05, 0.1) is 55.0 Å². The molecule has 0 spiro atoms. The quantitative estimate of drug-likeness (QED) is 0.101. The second-order valence-corrected chi connectivity index (χ2v) is 12.4. The lowest BCUT2D eigenvalue weighted by Gasteiger charge is -2.09. The fraction of sp³-hybridized carbons (Fsp3) is 0. The zero-order valence-electron chi connectivity index (χ0n) is 25.1. The van der Waals surface area contributed by atoms with E-state index in [0.717, 1.165) is 66.1 Å². The molecule has 0 bridgehead atoms. The van der Waals surface area contributed by atoms with E-state index in [1.807, 2.05) is 73.3 Å². The van der Waals surface area contributed by atoms with E-state index in [9.17, 15) is 0 Å². The van der Waals surface area contributed by atoms with E-state index in [0.29, 0.717) is 0 Å². The molecule has 10 nitrogen and oxygen atoms in total. The predicted octanol–water partition coefficient (Wildman–Crippen LogP) is 8.89. The van der Waals surface area contributed by atoms with Crippen molar-refractivity contribution in [1.29, 1.82) is 0 Å². The summed E-state index contributed by atoms with van der Waals surface area (Å²) >= 11 is 0. The number of rotatable bonds is 7. The van der Waals surface area contributed by atoms with E-state index in [1.54, 1.807) is 21.6 Å². The summed E-state index contributed by atoms with van der Waals surface area (Å²) in [4.78, 5) is 29.8. The van der Waals surface area contributed by atoms with Gasteiger partial charge in [-0.05, 0) is 94.4 Å². The third kappa shape index (κ3) is 5.97. The smallest absolute Gasteiger partial charge is 0.291 e. The minimum Gasteiger partial charge on any atom is -0.328 e. The average Bonchev–Trinajstić information content (AvgIpc) is 3.65. The number of fused-ring (bicyclic) bond motifs is 2. The fourth-order valence-corrected chi connectivity index (χ4v) is 8.37. The molecule has 0 fully saturated rings. The molecule has 0 aromatic carbocycles. The highest BCUT2D eigenvalue weighted by molar-refractivity contribution is 8.76. The minimum absolute atomic E-state index is 0.895. The summed E-state index contributed by atoms with van der Waals surface area (Å²) in [7, 11) is 3.48. The molecular weight excluding hydrogens is 643 g/mol. The van der Waals surface area contributed by atoms with Crippen LogP contribution in [-0.4, -0.2) is 39.0 Å². The van der Waals surface area contributed by atoms with Crippen LogP contribution in [-0.2, 0) is 0 Å². The van der Waals surface area contributed by atoms with Crippen LogP contribution < -0.4 is 0 Å². The molecule has 0 aliphatic rings. The summed E-state index contributed by atoms with van der Waals surface area (Å²) in [5, 5.41) is 13.6. The Morgan fingerprint density at radius 3 is 1.19 bits per heavy atom. The lowest BCUT2D eigenvalue weighted by Crippen LogP contribution is -1.92. The molecule has 8 aromatic heterocycles. The standard InChI is InChI=1S/C36H24N6S2.HNO3/c1-7-19-37-25(13-1)31-33(27-15-3-9-21-39-27)41-23-11-5-17-29(41)35(31)43-44-36-30-18-6-12-24-42(30)34(28-16-4-10-22-40-28)32(36)26-14-2-8-20-38-26;2-1(3)4/h1-24H;(H,2,3,4). The maximum Gasteiger partial charge on any atom is 0.291 e. The molecule has 234 valence electrons. The number of aromatic nitrogens is 6. The Morgan fingerprint density at radius 1 is 0.521 bits per heavy atom. The second kappa shape index (κ2) is 13.8. The molecule has 0 amide bonds. The van der Waals surface area contributed by atoms with E-state index in [-0.39, 0.29) is 0 Å². The van der Waals surface area contributed by atoms with Crippen LogP contribution in [0.2, 0.25) is 0 Å². The van der Waals surface area contributed by atoms with Gasteiger partial charge in [0.2, 0.25) is 0 Å². The number of hydrogen-bond acceptors (Lipinski definition) is 8. The minimum atomic E-state index is -1.50. The van der Waals surface area contributed by atoms with E-state index in [1.165, 1.54) is 0 Å². The molecule has 0 aliphatic carbocycles. The number of hydrogen-bond donors (Lipinski definition) is 1. The molecule has 8 heterocycles. The summed E-state index contributed by atoms with van der Waals surface area (Å²) in [6, 6.07) is 36.8. The second-order valence-electron chi connectivity index (χ2n) is 10.3. The maximum atomic E-state index is 8.36. The summed E-state index contributed by atoms with van der Waals surface area (Å²) in [5.41, 5.74) is 9.94. The van der Waals surface area contributed by atoms with Gasteiger partial charge in [0.1, 0.15) is 0 Å². The highest BCUT2D eigenvalue weighted by Gasteiger charge is 2.27. The summed E-state index contributed by atoms with van der Waals surface area (Å²) in [6.45, 7) is 0. The molecule has 0 atom stereocenters. The van der Waals surface area contributed by atoms with E-state index >= 15 is 0 Å². The van der Waals surface area contributed by atoms with Crippen molar-refractivity contribution < 1.29 is 10.3 Å². The zero-order chi connectivity index (χ0) is 32.9. The van der Waals surface area contributed by atoms with Gasteiger partial charge in [-0.1, -0.05) is 36.4 Å². The lowest BCUT2D eigenvalue weighted by molar-refractivity contribution is -0.742. The first-order valence-corrected chi connectivity index (χ1v) is 16.9. The maximum absolute atomic E-state index is 8.36. The Hall–Kier alpha value is -5.98. The first kappa shape index (κ1) is 30.7. The summed E-state index contributed by atoms with van der Waals surface area (Å²) in [5.74, 6) is 0. The van der Waals surface area contributed by atoms with Crippen LogP contribution in [0, 0.1) is 10.1 Å². The highest BCUT2D eigenvalue weighted by Crippen LogP contribution is 2.53. The third-order valence-electron chi connectivity index (χ3n) is 7.46. The van der Waals surface area contributed by atoms with E-state index < -0.39 is 5.09 Å². The zero-order valence-corrected chi connectivity index (χ0v) is 26.7. The van der Waals surface area contributed by atoms with Gasteiger partial charge < -0.3 is 14.0 Å². The summed E-state index contributed by atoms with van der Waals surface area (Å²) < 4.78 is 4.46. The number of pyridine rings is 6. The Labute approximate surface area is 282 Å². The van der Waals surface area contributed by atoms with Crippen LogP contribution >= 0.6 is 21.6 Å². The monoisotopic (exact) mass is 667 g/mol. The highest BCUT2D eigenvalue weighted by atomic mass is 33.1. The molecule has 1 N–H and O–H groups in total. The molecule has 0 unspecified atom stereocenters. The van der Waals surface area contributed by atoms with Crippen LogP contribution in [0.3, 0.4) is 0 Å². The predicted molar refractivity (Wildman–Crippen MR) is 188 cm³/mol. The molecule has 0 saturated heterocycles. The molecule has 8 rings (SSSR count). The first-order valence-electron chi connectivity index (χ1n) is 14.7. The van der Waals surface area contributed by atoms with Gasteiger partial charge in [0, 0.05) is 48.3 Å². The summed E-state index contributed by atoms with van der Waals surface area (Å²) in [6.07, 6.45) is 11.6. The molecule has 0 saturated carbocycles. The van der Waals surface area contributed by atoms with Crippen molar-refractivity contribution >= 4 is 32.6 Å². The van der Waals surface area contributed by atoms with Crippen LogP contribution in [0.15, 0.2) is 156 Å². The van der Waals surface area contributed by atoms with Crippen LogP contribution in [0.5, 0.6) is 0 Å². The molecule has 48 heavy (non-hydrogen) atoms. The number of nitrogens with zero attached hydrogens (tertiary/aromatic N) is 7. The molecule has 0 radical (unpaired) electrons. The van der Waals surface area contributed by atoms with Crippen molar-refractivity contribution in [3.05, 3.63) is 156 Å². The van der Waals surface area contributed by atoms with Crippen molar-refractivity contribution in [2.45, 2.75) is 9.79 Å². The molecule has 0 aliphatic heterocycles. The van der Waals surface area contributed by atoms with Crippen molar-refractivity contribution in [2.75, 3.05) is 0 Å². The molecule has 12 heteroatoms. The van der Waals surface area contributed by atoms with Crippen molar-refractivity contribution in [1.82, 2.24) is 28.7 Å². The van der Waals surface area contributed by atoms with Crippen LogP contribution in [0.4, 0.5) is 0 Å². The van der Waals surface area contributed by atoms with Crippen molar-refractivity contribution in [2.24, 2.45) is 0 Å². The van der Waals surface area contributed by atoms with Gasteiger partial charge in [-0.25, -0.2) is 0 Å². The Bertz CT molecular complexity index is 2170. The van der Waals surface area contributed by atoms with E-state index in [4.69, 9.17) is 35.3 Å².